The van der Waals surface area contributed by atoms with Crippen molar-refractivity contribution in [3.63, 3.8) is 0 Å². The van der Waals surface area contributed by atoms with Crippen LogP contribution >= 0.6 is 15.9 Å². The Labute approximate surface area is 104 Å². The number of hydrogen-bond acceptors (Lipinski definition) is 2. The molecule has 1 aliphatic carbocycles. The standard InChI is InChI=1S/C12H15BrN2O/c1-8-3-4-9(13)7-10(8)12(5-6-12)11(16)15(2)14/h3-4,7H,5-6,14H2,1-2H3. The first kappa shape index (κ1) is 11.6. The zero-order valence-electron chi connectivity index (χ0n) is 9.46. The van der Waals surface area contributed by atoms with Gasteiger partial charge in [0.1, 0.15) is 0 Å². The first-order chi connectivity index (χ1) is 7.47. The molecule has 1 aromatic carbocycles. The summed E-state index contributed by atoms with van der Waals surface area (Å²) in [6, 6.07) is 6.05. The quantitative estimate of drug-likeness (QED) is 0.513. The number of halogens is 1. The van der Waals surface area contributed by atoms with E-state index in [2.05, 4.69) is 15.9 Å². The maximum Gasteiger partial charge on any atom is 0.246 e. The van der Waals surface area contributed by atoms with E-state index >= 15 is 0 Å². The van der Waals surface area contributed by atoms with Gasteiger partial charge in [-0.05, 0) is 43.0 Å². The Kier molecular flexibility index (Phi) is 2.80. The Balaban J connectivity index is 2.44. The van der Waals surface area contributed by atoms with Gasteiger partial charge in [-0.2, -0.15) is 0 Å². The van der Waals surface area contributed by atoms with Crippen molar-refractivity contribution < 1.29 is 4.79 Å². The lowest BCUT2D eigenvalue weighted by Gasteiger charge is -2.21. The summed E-state index contributed by atoms with van der Waals surface area (Å²) < 4.78 is 1.01. The molecule has 4 heteroatoms. The second-order valence-corrected chi connectivity index (χ2v) is 5.37. The van der Waals surface area contributed by atoms with Crippen molar-refractivity contribution in [3.05, 3.63) is 33.8 Å². The molecule has 0 spiro atoms. The molecule has 2 rings (SSSR count). The molecule has 0 radical (unpaired) electrons. The van der Waals surface area contributed by atoms with Crippen LogP contribution in [0.2, 0.25) is 0 Å². The molecule has 3 nitrogen and oxygen atoms in total. The summed E-state index contributed by atoms with van der Waals surface area (Å²) >= 11 is 3.45. The van der Waals surface area contributed by atoms with Crippen LogP contribution in [-0.4, -0.2) is 18.0 Å². The minimum atomic E-state index is -0.364. The molecule has 0 heterocycles. The molecule has 1 aliphatic rings. The average molecular weight is 283 g/mol. The van der Waals surface area contributed by atoms with Gasteiger partial charge in [-0.25, -0.2) is 5.84 Å². The zero-order valence-corrected chi connectivity index (χ0v) is 11.0. The third kappa shape index (κ3) is 1.76. The molecule has 1 aromatic rings. The van der Waals surface area contributed by atoms with Crippen LogP contribution in [0.3, 0.4) is 0 Å². The zero-order chi connectivity index (χ0) is 11.9. The summed E-state index contributed by atoms with van der Waals surface area (Å²) in [5.41, 5.74) is 1.89. The van der Waals surface area contributed by atoms with Gasteiger partial charge in [-0.1, -0.05) is 22.0 Å². The lowest BCUT2D eigenvalue weighted by molar-refractivity contribution is -0.132. The number of hydrogen-bond donors (Lipinski definition) is 1. The van der Waals surface area contributed by atoms with E-state index in [1.807, 2.05) is 25.1 Å². The highest BCUT2D eigenvalue weighted by molar-refractivity contribution is 9.10. The van der Waals surface area contributed by atoms with E-state index in [1.54, 1.807) is 7.05 Å². The predicted octanol–water partition coefficient (Wildman–Crippen LogP) is 2.12. The number of carbonyl (C=O) groups excluding carboxylic acids is 1. The van der Waals surface area contributed by atoms with E-state index in [0.717, 1.165) is 28.4 Å². The first-order valence-corrected chi connectivity index (χ1v) is 6.06. The Hall–Kier alpha value is -0.870. The van der Waals surface area contributed by atoms with Gasteiger partial charge < -0.3 is 0 Å². The number of nitrogens with zero attached hydrogens (tertiary/aromatic N) is 1. The fourth-order valence-corrected chi connectivity index (χ4v) is 2.53. The summed E-state index contributed by atoms with van der Waals surface area (Å²) in [5.74, 6) is 5.57. The van der Waals surface area contributed by atoms with Crippen molar-refractivity contribution in [1.82, 2.24) is 5.01 Å². The molecule has 0 bridgehead atoms. The van der Waals surface area contributed by atoms with Crippen LogP contribution in [-0.2, 0) is 10.2 Å². The lowest BCUT2D eigenvalue weighted by atomic mass is 9.91. The van der Waals surface area contributed by atoms with Crippen LogP contribution in [0.1, 0.15) is 24.0 Å². The maximum atomic E-state index is 12.1. The van der Waals surface area contributed by atoms with Gasteiger partial charge >= 0.3 is 0 Å². The predicted molar refractivity (Wildman–Crippen MR) is 66.7 cm³/mol. The number of hydrazine groups is 1. The molecule has 86 valence electrons. The monoisotopic (exact) mass is 282 g/mol. The number of benzene rings is 1. The van der Waals surface area contributed by atoms with E-state index in [0.29, 0.717) is 0 Å². The molecule has 16 heavy (non-hydrogen) atoms. The van der Waals surface area contributed by atoms with Gasteiger partial charge in [0.25, 0.3) is 0 Å². The number of carbonyl (C=O) groups is 1. The molecule has 1 saturated carbocycles. The van der Waals surface area contributed by atoms with E-state index in [1.165, 1.54) is 5.01 Å². The normalized spacial score (nSPS) is 17.0. The number of likely N-dealkylation sites (N-methyl/N-ethyl adjacent to an activating group) is 1. The number of rotatable bonds is 2. The highest BCUT2D eigenvalue weighted by atomic mass is 79.9. The summed E-state index contributed by atoms with van der Waals surface area (Å²) in [7, 11) is 1.61. The maximum absolute atomic E-state index is 12.1. The van der Waals surface area contributed by atoms with Crippen LogP contribution < -0.4 is 5.84 Å². The van der Waals surface area contributed by atoms with Crippen LogP contribution in [0.25, 0.3) is 0 Å². The third-order valence-corrected chi connectivity index (χ3v) is 3.69. The van der Waals surface area contributed by atoms with E-state index in [4.69, 9.17) is 5.84 Å². The Morgan fingerprint density at radius 1 is 1.50 bits per heavy atom. The smallest absolute Gasteiger partial charge is 0.246 e. The molecule has 1 amide bonds. The number of amides is 1. The minimum Gasteiger partial charge on any atom is -0.283 e. The highest BCUT2D eigenvalue weighted by Crippen LogP contribution is 2.50. The molecule has 0 aromatic heterocycles. The minimum absolute atomic E-state index is 0.00806. The molecular weight excluding hydrogens is 268 g/mol. The van der Waals surface area contributed by atoms with Crippen LogP contribution in [0.4, 0.5) is 0 Å². The van der Waals surface area contributed by atoms with E-state index in [-0.39, 0.29) is 11.3 Å². The summed E-state index contributed by atoms with van der Waals surface area (Å²) in [6.07, 6.45) is 1.79. The fraction of sp³-hybridized carbons (Fsp3) is 0.417. The Bertz CT molecular complexity index is 439. The van der Waals surface area contributed by atoms with Gasteiger partial charge in [-0.3, -0.25) is 9.80 Å². The van der Waals surface area contributed by atoms with Crippen molar-refractivity contribution in [2.45, 2.75) is 25.2 Å². The van der Waals surface area contributed by atoms with Crippen molar-refractivity contribution in [2.75, 3.05) is 7.05 Å². The second kappa shape index (κ2) is 3.86. The van der Waals surface area contributed by atoms with Gasteiger partial charge in [0.2, 0.25) is 5.91 Å². The fourth-order valence-electron chi connectivity index (χ4n) is 2.17. The topological polar surface area (TPSA) is 46.3 Å². The second-order valence-electron chi connectivity index (χ2n) is 4.46. The molecule has 0 unspecified atom stereocenters. The molecular formula is C12H15BrN2O. The van der Waals surface area contributed by atoms with Crippen molar-refractivity contribution in [3.8, 4) is 0 Å². The van der Waals surface area contributed by atoms with Crippen molar-refractivity contribution in [1.29, 1.82) is 0 Å². The molecule has 0 saturated heterocycles. The van der Waals surface area contributed by atoms with Gasteiger partial charge in [0, 0.05) is 11.5 Å². The Morgan fingerprint density at radius 3 is 2.62 bits per heavy atom. The average Bonchev–Trinajstić information content (AvgIpc) is 3.01. The molecule has 1 fully saturated rings. The van der Waals surface area contributed by atoms with Crippen LogP contribution in [0.15, 0.2) is 22.7 Å². The van der Waals surface area contributed by atoms with E-state index in [9.17, 15) is 4.79 Å². The largest absolute Gasteiger partial charge is 0.283 e. The van der Waals surface area contributed by atoms with Gasteiger partial charge in [0.15, 0.2) is 0 Å². The summed E-state index contributed by atoms with van der Waals surface area (Å²) in [5, 5.41) is 1.20. The SMILES string of the molecule is Cc1ccc(Br)cc1C1(C(=O)N(C)N)CC1. The van der Waals surface area contributed by atoms with Gasteiger partial charge in [-0.15, -0.1) is 0 Å². The summed E-state index contributed by atoms with van der Waals surface area (Å²) in [6.45, 7) is 2.03. The van der Waals surface area contributed by atoms with Crippen molar-refractivity contribution in [2.24, 2.45) is 5.84 Å². The highest BCUT2D eigenvalue weighted by Gasteiger charge is 2.53. The number of aryl methyl sites for hydroxylation is 1. The molecule has 0 aliphatic heterocycles. The third-order valence-electron chi connectivity index (χ3n) is 3.19. The summed E-state index contributed by atoms with van der Waals surface area (Å²) in [4.78, 5) is 12.1. The number of nitrogens with two attached hydrogens (primary N) is 1. The van der Waals surface area contributed by atoms with E-state index < -0.39 is 0 Å². The first-order valence-electron chi connectivity index (χ1n) is 5.27. The van der Waals surface area contributed by atoms with Crippen LogP contribution in [0.5, 0.6) is 0 Å². The van der Waals surface area contributed by atoms with Gasteiger partial charge in [0.05, 0.1) is 5.41 Å². The molecule has 0 atom stereocenters. The van der Waals surface area contributed by atoms with Crippen LogP contribution in [0, 0.1) is 6.92 Å². The van der Waals surface area contributed by atoms with Crippen molar-refractivity contribution >= 4 is 21.8 Å². The lowest BCUT2D eigenvalue weighted by Crippen LogP contribution is -2.41. The molecule has 2 N–H and O–H groups in total. The Morgan fingerprint density at radius 2 is 2.12 bits per heavy atom.